The van der Waals surface area contributed by atoms with Gasteiger partial charge in [-0.2, -0.15) is 0 Å². The number of nitrogens with two attached hydrogens (primary N) is 1. The normalized spacial score (nSPS) is 10.5. The molecule has 16 heavy (non-hydrogen) atoms. The fourth-order valence-corrected chi connectivity index (χ4v) is 1.53. The van der Waals surface area contributed by atoms with Gasteiger partial charge < -0.3 is 10.8 Å². The molecule has 0 fully saturated rings. The Morgan fingerprint density at radius 2 is 2.12 bits per heavy atom. The average Bonchev–Trinajstić information content (AvgIpc) is 2.51. The Hall–Kier alpha value is -2.57. The van der Waals surface area contributed by atoms with Crippen molar-refractivity contribution in [2.24, 2.45) is 5.73 Å². The lowest BCUT2D eigenvalue weighted by Crippen LogP contribution is -2.18. The van der Waals surface area contributed by atoms with E-state index in [0.717, 1.165) is 4.57 Å². The summed E-state index contributed by atoms with van der Waals surface area (Å²) in [5.74, 6) is -0.344. The second-order valence-corrected chi connectivity index (χ2v) is 3.18. The first kappa shape index (κ1) is 9.97. The summed E-state index contributed by atoms with van der Waals surface area (Å²) in [5.41, 5.74) is 5.27. The van der Waals surface area contributed by atoms with Gasteiger partial charge in [0.15, 0.2) is 5.88 Å². The van der Waals surface area contributed by atoms with Crippen LogP contribution >= 0.6 is 0 Å². The number of primary amides is 1. The summed E-state index contributed by atoms with van der Waals surface area (Å²) in [5, 5.41) is 20.3. The number of aromatic nitrogens is 1. The van der Waals surface area contributed by atoms with Crippen molar-refractivity contribution < 1.29 is 14.8 Å². The van der Waals surface area contributed by atoms with Gasteiger partial charge in [-0.15, -0.1) is 0 Å². The second kappa shape index (κ2) is 3.23. The van der Waals surface area contributed by atoms with Crippen LogP contribution in [-0.2, 0) is 0 Å². The molecule has 0 aliphatic carbocycles. The van der Waals surface area contributed by atoms with Crippen molar-refractivity contribution in [1.29, 1.82) is 0 Å². The smallest absolute Gasteiger partial charge is 0.326 e. The lowest BCUT2D eigenvalue weighted by molar-refractivity contribution is -0.384. The lowest BCUT2D eigenvalue weighted by atomic mass is 10.2. The van der Waals surface area contributed by atoms with Crippen molar-refractivity contribution >= 4 is 22.6 Å². The van der Waals surface area contributed by atoms with Crippen LogP contribution in [0.2, 0.25) is 0 Å². The maximum atomic E-state index is 11.0. The molecule has 0 aliphatic rings. The third-order valence-corrected chi connectivity index (χ3v) is 2.20. The highest BCUT2D eigenvalue weighted by Gasteiger charge is 2.14. The van der Waals surface area contributed by atoms with E-state index in [1.165, 1.54) is 24.3 Å². The van der Waals surface area contributed by atoms with Crippen LogP contribution in [0.4, 0.5) is 10.5 Å². The number of non-ortho nitro benzene ring substituents is 1. The molecule has 1 heterocycles. The maximum absolute atomic E-state index is 11.0. The predicted molar refractivity (Wildman–Crippen MR) is 55.2 cm³/mol. The van der Waals surface area contributed by atoms with Gasteiger partial charge in [-0.05, 0) is 6.07 Å². The van der Waals surface area contributed by atoms with Crippen LogP contribution in [0.3, 0.4) is 0 Å². The molecule has 0 atom stereocenters. The maximum Gasteiger partial charge on any atom is 0.326 e. The van der Waals surface area contributed by atoms with Crippen molar-refractivity contribution in [2.45, 2.75) is 0 Å². The number of aromatic hydroxyl groups is 1. The van der Waals surface area contributed by atoms with Gasteiger partial charge in [-0.25, -0.2) is 9.36 Å². The number of nitro benzene ring substituents is 1. The van der Waals surface area contributed by atoms with Crippen molar-refractivity contribution in [1.82, 2.24) is 4.57 Å². The number of hydrogen-bond donors (Lipinski definition) is 2. The van der Waals surface area contributed by atoms with Crippen LogP contribution in [0.15, 0.2) is 24.3 Å². The van der Waals surface area contributed by atoms with Crippen LogP contribution in [0.1, 0.15) is 0 Å². The number of nitro groups is 1. The third-order valence-electron chi connectivity index (χ3n) is 2.20. The molecule has 1 aromatic heterocycles. The lowest BCUT2D eigenvalue weighted by Gasteiger charge is -1.99. The summed E-state index contributed by atoms with van der Waals surface area (Å²) in [4.78, 5) is 21.0. The molecular formula is C9H7N3O4. The van der Waals surface area contributed by atoms with E-state index in [9.17, 15) is 20.0 Å². The number of hydrogen-bond acceptors (Lipinski definition) is 4. The van der Waals surface area contributed by atoms with E-state index in [1.54, 1.807) is 0 Å². The van der Waals surface area contributed by atoms with E-state index in [1.807, 2.05) is 0 Å². The minimum absolute atomic E-state index is 0.117. The number of carbonyl (C=O) groups excluding carboxylic acids is 1. The zero-order chi connectivity index (χ0) is 11.9. The van der Waals surface area contributed by atoms with Gasteiger partial charge in [0.1, 0.15) is 0 Å². The fraction of sp³-hybridized carbons (Fsp3) is 0. The first-order chi connectivity index (χ1) is 7.50. The Kier molecular flexibility index (Phi) is 2.01. The third kappa shape index (κ3) is 1.34. The quantitative estimate of drug-likeness (QED) is 0.556. The molecule has 2 aromatic rings. The molecule has 0 radical (unpaired) electrons. The largest absolute Gasteiger partial charge is 0.494 e. The van der Waals surface area contributed by atoms with E-state index in [4.69, 9.17) is 5.73 Å². The molecule has 3 N–H and O–H groups in total. The molecule has 1 aromatic carbocycles. The highest BCUT2D eigenvalue weighted by atomic mass is 16.6. The summed E-state index contributed by atoms with van der Waals surface area (Å²) in [6.45, 7) is 0. The molecule has 0 aliphatic heterocycles. The zero-order valence-corrected chi connectivity index (χ0v) is 7.95. The molecular weight excluding hydrogens is 214 g/mol. The van der Waals surface area contributed by atoms with Gasteiger partial charge in [-0.1, -0.05) is 0 Å². The second-order valence-electron chi connectivity index (χ2n) is 3.18. The standard InChI is InChI=1S/C9H7N3O4/c10-9(14)11-7-2-1-6(12(15)16)3-5(7)4-8(11)13/h1-4,13H,(H2,10,14). The first-order valence-corrected chi connectivity index (χ1v) is 4.29. The van der Waals surface area contributed by atoms with Crippen LogP contribution in [0.5, 0.6) is 5.88 Å². The topological polar surface area (TPSA) is 111 Å². The SMILES string of the molecule is NC(=O)n1c(O)cc2cc([N+](=O)[O-])ccc21. The highest BCUT2D eigenvalue weighted by Crippen LogP contribution is 2.27. The predicted octanol–water partition coefficient (Wildman–Crippen LogP) is 1.18. The van der Waals surface area contributed by atoms with Crippen molar-refractivity contribution in [3.05, 3.63) is 34.4 Å². The van der Waals surface area contributed by atoms with Crippen LogP contribution in [-0.4, -0.2) is 20.6 Å². The molecule has 2 rings (SSSR count). The van der Waals surface area contributed by atoms with Gasteiger partial charge in [-0.3, -0.25) is 10.1 Å². The highest BCUT2D eigenvalue weighted by molar-refractivity contribution is 5.94. The summed E-state index contributed by atoms with van der Waals surface area (Å²) in [6.07, 6.45) is 0. The minimum Gasteiger partial charge on any atom is -0.494 e. The van der Waals surface area contributed by atoms with Gasteiger partial charge in [0.2, 0.25) is 0 Å². The number of carbonyl (C=O) groups is 1. The molecule has 82 valence electrons. The van der Waals surface area contributed by atoms with Crippen LogP contribution < -0.4 is 5.73 Å². The molecule has 0 bridgehead atoms. The van der Waals surface area contributed by atoms with Gasteiger partial charge in [0, 0.05) is 23.6 Å². The van der Waals surface area contributed by atoms with E-state index in [-0.39, 0.29) is 11.6 Å². The monoisotopic (exact) mass is 221 g/mol. The Morgan fingerprint density at radius 3 is 2.69 bits per heavy atom. The Bertz CT molecular complexity index is 602. The van der Waals surface area contributed by atoms with E-state index < -0.39 is 11.0 Å². The summed E-state index contributed by atoms with van der Waals surface area (Å²) < 4.78 is 0.874. The number of amides is 1. The molecule has 7 heteroatoms. The van der Waals surface area contributed by atoms with E-state index in [0.29, 0.717) is 10.9 Å². The number of rotatable bonds is 1. The summed E-state index contributed by atoms with van der Waals surface area (Å²) in [6, 6.07) is 4.25. The first-order valence-electron chi connectivity index (χ1n) is 4.29. The summed E-state index contributed by atoms with van der Waals surface area (Å²) in [7, 11) is 0. The molecule has 1 amide bonds. The van der Waals surface area contributed by atoms with Crippen molar-refractivity contribution in [3.8, 4) is 5.88 Å². The summed E-state index contributed by atoms with van der Waals surface area (Å²) >= 11 is 0. The fourth-order valence-electron chi connectivity index (χ4n) is 1.53. The van der Waals surface area contributed by atoms with Crippen LogP contribution in [0, 0.1) is 10.1 Å². The van der Waals surface area contributed by atoms with Gasteiger partial charge in [0.05, 0.1) is 10.4 Å². The minimum atomic E-state index is -0.846. The Morgan fingerprint density at radius 1 is 1.44 bits per heavy atom. The molecule has 0 saturated carbocycles. The van der Waals surface area contributed by atoms with Crippen LogP contribution in [0.25, 0.3) is 10.9 Å². The zero-order valence-electron chi connectivity index (χ0n) is 7.95. The molecule has 0 saturated heterocycles. The molecule has 0 spiro atoms. The van der Waals surface area contributed by atoms with Gasteiger partial charge >= 0.3 is 6.03 Å². The number of nitrogens with zero attached hydrogens (tertiary/aromatic N) is 2. The van der Waals surface area contributed by atoms with Crippen molar-refractivity contribution in [2.75, 3.05) is 0 Å². The van der Waals surface area contributed by atoms with Crippen molar-refractivity contribution in [3.63, 3.8) is 0 Å². The average molecular weight is 221 g/mol. The number of benzene rings is 1. The van der Waals surface area contributed by atoms with E-state index >= 15 is 0 Å². The molecule has 0 unspecified atom stereocenters. The Labute approximate surface area is 88.8 Å². The van der Waals surface area contributed by atoms with E-state index in [2.05, 4.69) is 0 Å². The Balaban J connectivity index is 2.75. The van der Waals surface area contributed by atoms with Gasteiger partial charge in [0.25, 0.3) is 5.69 Å². The molecule has 7 nitrogen and oxygen atoms in total. The number of fused-ring (bicyclic) bond motifs is 1.